The van der Waals surface area contributed by atoms with Gasteiger partial charge in [-0.3, -0.25) is 4.79 Å². The van der Waals surface area contributed by atoms with Crippen molar-refractivity contribution in [2.24, 2.45) is 4.99 Å². The molecule has 7 heteroatoms. The number of anilines is 1. The maximum Gasteiger partial charge on any atom is 0.264 e. The number of amides is 1. The lowest BCUT2D eigenvalue weighted by molar-refractivity contribution is -0.115. The van der Waals surface area contributed by atoms with Gasteiger partial charge in [0.2, 0.25) is 0 Å². The Bertz CT molecular complexity index is 981. The molecule has 4 rings (SSSR count). The Kier molecular flexibility index (Phi) is 5.87. The lowest BCUT2D eigenvalue weighted by atomic mass is 10.1. The third-order valence-corrected chi connectivity index (χ3v) is 5.67. The number of hydrogen-bond acceptors (Lipinski definition) is 6. The Morgan fingerprint density at radius 1 is 1.21 bits per heavy atom. The molecule has 0 bridgehead atoms. The van der Waals surface area contributed by atoms with Crippen LogP contribution in [0.2, 0.25) is 0 Å². The van der Waals surface area contributed by atoms with E-state index >= 15 is 0 Å². The molecule has 0 radical (unpaired) electrons. The number of aliphatic imine (C=N–C) groups is 1. The zero-order chi connectivity index (χ0) is 20.2. The van der Waals surface area contributed by atoms with Crippen LogP contribution in [0.3, 0.4) is 0 Å². The molecule has 0 unspecified atom stereocenters. The summed E-state index contributed by atoms with van der Waals surface area (Å²) in [6.07, 6.45) is 1.85. The van der Waals surface area contributed by atoms with E-state index in [0.29, 0.717) is 10.1 Å². The number of carbonyl (C=O) groups excluding carboxylic acids is 1. The first-order valence-corrected chi connectivity index (χ1v) is 10.3. The van der Waals surface area contributed by atoms with Gasteiger partial charge in [-0.15, -0.1) is 0 Å². The quantitative estimate of drug-likeness (QED) is 0.780. The number of thioether (sulfide) groups is 1. The van der Waals surface area contributed by atoms with Crippen molar-refractivity contribution in [1.82, 2.24) is 5.32 Å². The van der Waals surface area contributed by atoms with Crippen LogP contribution >= 0.6 is 11.8 Å². The Morgan fingerprint density at radius 3 is 2.79 bits per heavy atom. The fraction of sp³-hybridized carbons (Fsp3) is 0.273. The zero-order valence-electron chi connectivity index (χ0n) is 16.5. The molecule has 2 aromatic rings. The minimum Gasteiger partial charge on any atom is -0.496 e. The van der Waals surface area contributed by atoms with E-state index in [4.69, 9.17) is 9.47 Å². The molecule has 0 aliphatic carbocycles. The van der Waals surface area contributed by atoms with Gasteiger partial charge in [0.1, 0.15) is 5.75 Å². The molecular formula is C22H23N3O3S. The van der Waals surface area contributed by atoms with E-state index in [9.17, 15) is 4.79 Å². The third kappa shape index (κ3) is 4.63. The molecule has 0 aromatic heterocycles. The summed E-state index contributed by atoms with van der Waals surface area (Å²) in [5.41, 5.74) is 3.90. The van der Waals surface area contributed by atoms with Crippen molar-refractivity contribution >= 4 is 40.3 Å². The van der Waals surface area contributed by atoms with Crippen molar-refractivity contribution in [3.63, 3.8) is 0 Å². The Balaban J connectivity index is 1.56. The Hall–Kier alpha value is -2.77. The van der Waals surface area contributed by atoms with E-state index in [2.05, 4.69) is 21.3 Å². The summed E-state index contributed by atoms with van der Waals surface area (Å²) < 4.78 is 11.0. The highest BCUT2D eigenvalue weighted by Crippen LogP contribution is 2.33. The lowest BCUT2D eigenvalue weighted by Crippen LogP contribution is -2.36. The molecule has 29 heavy (non-hydrogen) atoms. The third-order valence-electron chi connectivity index (χ3n) is 4.76. The maximum atomic E-state index is 12.4. The summed E-state index contributed by atoms with van der Waals surface area (Å²) >= 11 is 1.33. The van der Waals surface area contributed by atoms with Crippen LogP contribution in [0, 0.1) is 6.92 Å². The first-order valence-electron chi connectivity index (χ1n) is 9.49. The highest BCUT2D eigenvalue weighted by molar-refractivity contribution is 8.18. The maximum absolute atomic E-state index is 12.4. The minimum atomic E-state index is -0.152. The van der Waals surface area contributed by atoms with Gasteiger partial charge in [-0.2, -0.15) is 0 Å². The summed E-state index contributed by atoms with van der Waals surface area (Å²) in [6, 6.07) is 13.9. The number of nitrogens with one attached hydrogen (secondary N) is 1. The number of rotatable bonds is 4. The molecule has 2 aliphatic rings. The van der Waals surface area contributed by atoms with Gasteiger partial charge < -0.3 is 19.7 Å². The molecule has 2 fully saturated rings. The van der Waals surface area contributed by atoms with E-state index in [1.807, 2.05) is 49.4 Å². The van der Waals surface area contributed by atoms with Crippen LogP contribution < -0.4 is 15.0 Å². The zero-order valence-corrected chi connectivity index (χ0v) is 17.3. The van der Waals surface area contributed by atoms with Gasteiger partial charge in [0.15, 0.2) is 5.17 Å². The Labute approximate surface area is 174 Å². The molecule has 6 nitrogen and oxygen atoms in total. The van der Waals surface area contributed by atoms with Gasteiger partial charge in [-0.05, 0) is 54.6 Å². The molecule has 0 spiro atoms. The van der Waals surface area contributed by atoms with Gasteiger partial charge in [0.05, 0.1) is 30.9 Å². The fourth-order valence-electron chi connectivity index (χ4n) is 3.27. The normalized spacial score (nSPS) is 19.7. The number of nitrogens with zero attached hydrogens (tertiary/aromatic N) is 2. The molecule has 0 atom stereocenters. The van der Waals surface area contributed by atoms with Crippen molar-refractivity contribution < 1.29 is 14.3 Å². The van der Waals surface area contributed by atoms with E-state index in [1.54, 1.807) is 7.11 Å². The van der Waals surface area contributed by atoms with E-state index in [1.165, 1.54) is 11.8 Å². The average molecular weight is 410 g/mol. The largest absolute Gasteiger partial charge is 0.496 e. The average Bonchev–Trinajstić information content (AvgIpc) is 3.07. The van der Waals surface area contributed by atoms with Crippen molar-refractivity contribution in [2.45, 2.75) is 6.92 Å². The summed E-state index contributed by atoms with van der Waals surface area (Å²) in [5.74, 6) is 0.583. The van der Waals surface area contributed by atoms with E-state index in [-0.39, 0.29) is 5.91 Å². The molecule has 1 N–H and O–H groups in total. The number of hydrogen-bond donors (Lipinski definition) is 1. The lowest BCUT2D eigenvalue weighted by Gasteiger charge is -2.29. The number of ether oxygens (including phenoxy) is 2. The summed E-state index contributed by atoms with van der Waals surface area (Å²) in [4.78, 5) is 19.8. The predicted octanol–water partition coefficient (Wildman–Crippen LogP) is 3.73. The van der Waals surface area contributed by atoms with Crippen molar-refractivity contribution in [3.05, 3.63) is 58.5 Å². The van der Waals surface area contributed by atoms with Gasteiger partial charge in [0, 0.05) is 30.4 Å². The summed E-state index contributed by atoms with van der Waals surface area (Å²) in [7, 11) is 1.65. The van der Waals surface area contributed by atoms with E-state index < -0.39 is 0 Å². The highest BCUT2D eigenvalue weighted by Gasteiger charge is 2.24. The SMILES string of the molecule is COc1cc(N2CCOCC2)ccc1/C=C1\SC(=Nc2cccc(C)c2)NC1=O. The van der Waals surface area contributed by atoms with Crippen molar-refractivity contribution in [2.75, 3.05) is 38.3 Å². The molecule has 150 valence electrons. The van der Waals surface area contributed by atoms with Crippen molar-refractivity contribution in [1.29, 1.82) is 0 Å². The van der Waals surface area contributed by atoms with Gasteiger partial charge in [-0.25, -0.2) is 4.99 Å². The van der Waals surface area contributed by atoms with Crippen LogP contribution in [0.1, 0.15) is 11.1 Å². The standard InChI is InChI=1S/C22H23N3O3S/c1-15-4-3-5-17(12-15)23-22-24-21(26)20(29-22)13-16-6-7-18(14-19(16)27-2)25-8-10-28-11-9-25/h3-7,12-14H,8-11H2,1-2H3,(H,23,24,26)/b20-13-. The predicted molar refractivity (Wildman–Crippen MR) is 118 cm³/mol. The van der Waals surface area contributed by atoms with Crippen LogP contribution in [-0.2, 0) is 9.53 Å². The number of benzene rings is 2. The number of amidine groups is 1. The second kappa shape index (κ2) is 8.71. The molecular weight excluding hydrogens is 386 g/mol. The number of methoxy groups -OCH3 is 1. The number of morpholine rings is 1. The van der Waals surface area contributed by atoms with Crippen molar-refractivity contribution in [3.8, 4) is 5.75 Å². The second-order valence-electron chi connectivity index (χ2n) is 6.85. The van der Waals surface area contributed by atoms with Gasteiger partial charge >= 0.3 is 0 Å². The van der Waals surface area contributed by atoms with Crippen LogP contribution in [0.4, 0.5) is 11.4 Å². The molecule has 2 aliphatic heterocycles. The molecule has 2 aromatic carbocycles. The van der Waals surface area contributed by atoms with Crippen LogP contribution in [0.15, 0.2) is 52.4 Å². The van der Waals surface area contributed by atoms with Gasteiger partial charge in [-0.1, -0.05) is 12.1 Å². The summed E-state index contributed by atoms with van der Waals surface area (Å²) in [6.45, 7) is 5.20. The van der Waals surface area contributed by atoms with Crippen LogP contribution in [-0.4, -0.2) is 44.5 Å². The molecule has 1 amide bonds. The highest BCUT2D eigenvalue weighted by atomic mass is 32.2. The van der Waals surface area contributed by atoms with Crippen LogP contribution in [0.25, 0.3) is 6.08 Å². The van der Waals surface area contributed by atoms with Crippen LogP contribution in [0.5, 0.6) is 5.75 Å². The topological polar surface area (TPSA) is 63.2 Å². The summed E-state index contributed by atoms with van der Waals surface area (Å²) in [5, 5.41) is 3.41. The fourth-order valence-corrected chi connectivity index (χ4v) is 4.11. The number of carbonyl (C=O) groups is 1. The molecule has 0 saturated carbocycles. The minimum absolute atomic E-state index is 0.152. The van der Waals surface area contributed by atoms with Gasteiger partial charge in [0.25, 0.3) is 5.91 Å². The molecule has 2 heterocycles. The van der Waals surface area contributed by atoms with E-state index in [0.717, 1.165) is 54.6 Å². The first kappa shape index (κ1) is 19.5. The monoisotopic (exact) mass is 409 g/mol. The Morgan fingerprint density at radius 2 is 2.03 bits per heavy atom. The number of aryl methyl sites for hydroxylation is 1. The molecule has 2 saturated heterocycles. The first-order chi connectivity index (χ1) is 14.1. The second-order valence-corrected chi connectivity index (χ2v) is 7.88. The smallest absolute Gasteiger partial charge is 0.264 e.